The van der Waals surface area contributed by atoms with E-state index in [4.69, 9.17) is 0 Å². The van der Waals surface area contributed by atoms with Crippen LogP contribution in [-0.2, 0) is 0 Å². The zero-order chi connectivity index (χ0) is 17.2. The summed E-state index contributed by atoms with van der Waals surface area (Å²) in [4.78, 5) is 0. The van der Waals surface area contributed by atoms with Crippen LogP contribution in [0.15, 0.2) is 0 Å². The van der Waals surface area contributed by atoms with Gasteiger partial charge in [-0.3, -0.25) is 0 Å². The van der Waals surface area contributed by atoms with Crippen molar-refractivity contribution in [2.24, 2.45) is 10.8 Å². The van der Waals surface area contributed by atoms with E-state index in [2.05, 4.69) is 0 Å². The molecule has 0 radical (unpaired) electrons. The molecule has 6 atom stereocenters. The molecule has 5 rings (SSSR count). The maximum absolute atomic E-state index is 11.6. The molecule has 0 saturated heterocycles. The van der Waals surface area contributed by atoms with Crippen LogP contribution in [0.5, 0.6) is 0 Å². The van der Waals surface area contributed by atoms with Crippen molar-refractivity contribution in [1.82, 2.24) is 0 Å². The second-order valence-corrected chi connectivity index (χ2v) is 9.13. The summed E-state index contributed by atoms with van der Waals surface area (Å²) in [5.41, 5.74) is -9.84. The topological polar surface area (TPSA) is 121 Å². The molecule has 0 heterocycles. The minimum atomic E-state index is -1.95. The highest BCUT2D eigenvalue weighted by Crippen LogP contribution is 2.91. The molecule has 5 aliphatic rings. The van der Waals surface area contributed by atoms with E-state index in [9.17, 15) is 30.6 Å². The number of hydrogen-bond acceptors (Lipinski definition) is 6. The monoisotopic (exact) mass is 340 g/mol. The normalized spacial score (nSPS) is 59.8. The van der Waals surface area contributed by atoms with Crippen LogP contribution in [0, 0.1) is 10.8 Å². The summed E-state index contributed by atoms with van der Waals surface area (Å²) in [6, 6.07) is 0. The Morgan fingerprint density at radius 2 is 0.792 bits per heavy atom. The summed E-state index contributed by atoms with van der Waals surface area (Å²) in [6.07, 6.45) is 3.88. The first-order valence-corrected chi connectivity index (χ1v) is 9.49. The molecule has 24 heavy (non-hydrogen) atoms. The Kier molecular flexibility index (Phi) is 2.68. The van der Waals surface area contributed by atoms with E-state index in [-0.39, 0.29) is 0 Å². The molecular weight excluding hydrogens is 312 g/mol. The van der Waals surface area contributed by atoms with Gasteiger partial charge >= 0.3 is 0 Å². The molecule has 5 saturated carbocycles. The SMILES string of the molecule is O[C@H]1[C@H](O)[C@]2(O)C3(CCCCC3)[C@]2(O)[C@]2(O)C3(CCCCC3)[C@@]12O. The van der Waals surface area contributed by atoms with Crippen LogP contribution in [0.4, 0.5) is 0 Å². The molecule has 0 aliphatic heterocycles. The second kappa shape index (κ2) is 4.02. The van der Waals surface area contributed by atoms with Crippen LogP contribution in [0.3, 0.4) is 0 Å². The Bertz CT molecular complexity index is 532. The molecule has 0 aromatic heterocycles. The molecule has 0 bridgehead atoms. The lowest BCUT2D eigenvalue weighted by atomic mass is 9.76. The molecule has 0 unspecified atom stereocenters. The molecule has 0 aromatic rings. The van der Waals surface area contributed by atoms with E-state index in [1.54, 1.807) is 0 Å². The smallest absolute Gasteiger partial charge is 0.137 e. The predicted molar refractivity (Wildman–Crippen MR) is 82.8 cm³/mol. The Labute approximate surface area is 141 Å². The third-order valence-corrected chi connectivity index (χ3v) is 8.92. The molecule has 0 aromatic carbocycles. The van der Waals surface area contributed by atoms with E-state index in [1.807, 2.05) is 0 Å². The van der Waals surface area contributed by atoms with Gasteiger partial charge in [-0.25, -0.2) is 0 Å². The van der Waals surface area contributed by atoms with Gasteiger partial charge in [0.15, 0.2) is 0 Å². The summed E-state index contributed by atoms with van der Waals surface area (Å²) in [5.74, 6) is 0. The van der Waals surface area contributed by atoms with Gasteiger partial charge in [0.1, 0.15) is 34.6 Å². The predicted octanol–water partition coefficient (Wildman–Crippen LogP) is -0.426. The molecule has 6 heteroatoms. The van der Waals surface area contributed by atoms with Crippen molar-refractivity contribution in [3.63, 3.8) is 0 Å². The van der Waals surface area contributed by atoms with Crippen LogP contribution in [0.25, 0.3) is 0 Å². The summed E-state index contributed by atoms with van der Waals surface area (Å²) in [7, 11) is 0. The van der Waals surface area contributed by atoms with Crippen LogP contribution in [-0.4, -0.2) is 65.3 Å². The first-order chi connectivity index (χ1) is 11.2. The maximum Gasteiger partial charge on any atom is 0.137 e. The standard InChI is InChI=1S/C18H28O6/c19-11-12(20)16(22)14(9-5-2-6-10-14)18(16,24)17(23)13(15(11,17)21)7-3-1-4-8-13/h11-12,19-24H,1-10H2/t11-,12-,15-,16-,17-,18+/m0/s1. The Morgan fingerprint density at radius 3 is 1.08 bits per heavy atom. The van der Waals surface area contributed by atoms with E-state index in [1.165, 1.54) is 0 Å². The highest BCUT2D eigenvalue weighted by molar-refractivity contribution is 5.60. The lowest BCUT2D eigenvalue weighted by molar-refractivity contribution is -0.223. The highest BCUT2D eigenvalue weighted by Gasteiger charge is 3.11. The molecule has 6 N–H and O–H groups in total. The van der Waals surface area contributed by atoms with Crippen molar-refractivity contribution in [2.75, 3.05) is 0 Å². The van der Waals surface area contributed by atoms with E-state index < -0.39 is 45.4 Å². The van der Waals surface area contributed by atoms with E-state index >= 15 is 0 Å². The third-order valence-electron chi connectivity index (χ3n) is 8.92. The van der Waals surface area contributed by atoms with Gasteiger partial charge in [0, 0.05) is 10.8 Å². The first kappa shape index (κ1) is 16.0. The average molecular weight is 340 g/mol. The largest absolute Gasteiger partial charge is 0.387 e. The van der Waals surface area contributed by atoms with Crippen LogP contribution in [0.2, 0.25) is 0 Å². The molecule has 5 fully saturated rings. The fourth-order valence-electron chi connectivity index (χ4n) is 7.85. The highest BCUT2D eigenvalue weighted by atomic mass is 16.5. The molecular formula is C18H28O6. The zero-order valence-electron chi connectivity index (χ0n) is 13.9. The molecule has 0 amide bonds. The Balaban J connectivity index is 1.71. The maximum atomic E-state index is 11.6. The minimum absolute atomic E-state index is 0.498. The van der Waals surface area contributed by atoms with Crippen molar-refractivity contribution in [2.45, 2.75) is 98.8 Å². The number of aliphatic hydroxyl groups excluding tert-OH is 2. The van der Waals surface area contributed by atoms with E-state index in [0.717, 1.165) is 38.5 Å². The van der Waals surface area contributed by atoms with Gasteiger partial charge in [0.05, 0.1) is 0 Å². The first-order valence-electron chi connectivity index (χ1n) is 9.49. The number of fused-ring (bicyclic) bond motifs is 7. The average Bonchev–Trinajstić information content (AvgIpc) is 3.23. The van der Waals surface area contributed by atoms with Crippen molar-refractivity contribution in [3.05, 3.63) is 0 Å². The van der Waals surface area contributed by atoms with Crippen LogP contribution >= 0.6 is 0 Å². The fraction of sp³-hybridized carbons (Fsp3) is 1.00. The lowest BCUT2D eigenvalue weighted by Gasteiger charge is -2.37. The summed E-state index contributed by atoms with van der Waals surface area (Å²) >= 11 is 0. The van der Waals surface area contributed by atoms with Crippen LogP contribution < -0.4 is 0 Å². The molecule has 5 aliphatic carbocycles. The van der Waals surface area contributed by atoms with Gasteiger partial charge in [-0.05, 0) is 25.7 Å². The molecule has 2 spiro atoms. The second-order valence-electron chi connectivity index (χ2n) is 9.13. The van der Waals surface area contributed by atoms with Crippen molar-refractivity contribution < 1.29 is 30.6 Å². The third kappa shape index (κ3) is 1.04. The van der Waals surface area contributed by atoms with Crippen molar-refractivity contribution in [1.29, 1.82) is 0 Å². The number of rotatable bonds is 0. The Morgan fingerprint density at radius 1 is 0.500 bits per heavy atom. The van der Waals surface area contributed by atoms with Crippen LogP contribution in [0.1, 0.15) is 64.2 Å². The summed E-state index contributed by atoms with van der Waals surface area (Å²) in [6.45, 7) is 0. The minimum Gasteiger partial charge on any atom is -0.387 e. The molecule has 136 valence electrons. The fourth-order valence-corrected chi connectivity index (χ4v) is 7.85. The van der Waals surface area contributed by atoms with Gasteiger partial charge in [-0.1, -0.05) is 38.5 Å². The van der Waals surface area contributed by atoms with Crippen molar-refractivity contribution >= 4 is 0 Å². The van der Waals surface area contributed by atoms with Gasteiger partial charge < -0.3 is 30.6 Å². The lowest BCUT2D eigenvalue weighted by Crippen LogP contribution is -2.63. The van der Waals surface area contributed by atoms with E-state index in [0.29, 0.717) is 25.7 Å². The van der Waals surface area contributed by atoms with Gasteiger partial charge in [-0.2, -0.15) is 0 Å². The molecule has 6 nitrogen and oxygen atoms in total. The van der Waals surface area contributed by atoms with Gasteiger partial charge in [0.2, 0.25) is 0 Å². The van der Waals surface area contributed by atoms with Gasteiger partial charge in [-0.15, -0.1) is 0 Å². The Hall–Kier alpha value is -0.240. The quantitative estimate of drug-likeness (QED) is 0.356. The summed E-state index contributed by atoms with van der Waals surface area (Å²) < 4.78 is 0. The zero-order valence-corrected chi connectivity index (χ0v) is 13.9. The van der Waals surface area contributed by atoms with Gasteiger partial charge in [0.25, 0.3) is 0 Å². The summed E-state index contributed by atoms with van der Waals surface area (Å²) in [5, 5.41) is 67.1. The van der Waals surface area contributed by atoms with Crippen molar-refractivity contribution in [3.8, 4) is 0 Å². The number of hydrogen-bond donors (Lipinski definition) is 6. The number of aliphatic hydroxyl groups is 6.